The second-order valence-corrected chi connectivity index (χ2v) is 7.02. The van der Waals surface area contributed by atoms with Gasteiger partial charge in [-0.2, -0.15) is 0 Å². The zero-order chi connectivity index (χ0) is 18.1. The van der Waals surface area contributed by atoms with Gasteiger partial charge in [0.15, 0.2) is 0 Å². The molecule has 2 amide bonds. The first-order valence-electron chi connectivity index (χ1n) is 7.03. The topological polar surface area (TPSA) is 57.6 Å². The molecular formula is C17H10Cl2FNO3S. The van der Waals surface area contributed by atoms with Crippen LogP contribution in [0.15, 0.2) is 41.3 Å². The first-order valence-corrected chi connectivity index (χ1v) is 8.60. The van der Waals surface area contributed by atoms with E-state index < -0.39 is 17.0 Å². The predicted octanol–water partition coefficient (Wildman–Crippen LogP) is 5.07. The van der Waals surface area contributed by atoms with E-state index in [1.54, 1.807) is 6.07 Å². The Labute approximate surface area is 156 Å². The fraction of sp³-hybridized carbons (Fsp3) is 0.0588. The van der Waals surface area contributed by atoms with Crippen molar-refractivity contribution < 1.29 is 19.1 Å². The van der Waals surface area contributed by atoms with E-state index in [9.17, 15) is 19.1 Å². The standard InChI is InChI=1S/C17H10Cl2FNO3S/c18-12-7-11(20)3-2-10(12)8-21-16(23)15(25-17(21)24)6-9-1-4-14(22)13(19)5-9/h1-7,22H,8H2/b15-6+. The van der Waals surface area contributed by atoms with Crippen LogP contribution < -0.4 is 0 Å². The molecule has 128 valence electrons. The number of hydrogen-bond acceptors (Lipinski definition) is 4. The zero-order valence-electron chi connectivity index (χ0n) is 12.5. The Morgan fingerprint density at radius 1 is 1.12 bits per heavy atom. The molecule has 0 atom stereocenters. The van der Waals surface area contributed by atoms with Crippen LogP contribution in [-0.2, 0) is 11.3 Å². The van der Waals surface area contributed by atoms with E-state index in [1.165, 1.54) is 30.3 Å². The molecule has 25 heavy (non-hydrogen) atoms. The van der Waals surface area contributed by atoms with Gasteiger partial charge < -0.3 is 5.11 Å². The minimum absolute atomic E-state index is 0.0442. The van der Waals surface area contributed by atoms with E-state index >= 15 is 0 Å². The summed E-state index contributed by atoms with van der Waals surface area (Å²) in [7, 11) is 0. The number of thioether (sulfide) groups is 1. The number of aromatic hydroxyl groups is 1. The lowest BCUT2D eigenvalue weighted by Gasteiger charge is -2.13. The molecule has 0 bridgehead atoms. The maximum atomic E-state index is 13.1. The number of halogens is 3. The highest BCUT2D eigenvalue weighted by molar-refractivity contribution is 8.18. The highest BCUT2D eigenvalue weighted by atomic mass is 35.5. The quantitative estimate of drug-likeness (QED) is 0.734. The Balaban J connectivity index is 1.84. The average molecular weight is 398 g/mol. The summed E-state index contributed by atoms with van der Waals surface area (Å²) in [5.41, 5.74) is 1.05. The van der Waals surface area contributed by atoms with Gasteiger partial charge in [-0.05, 0) is 53.2 Å². The summed E-state index contributed by atoms with van der Waals surface area (Å²) in [6.45, 7) is -0.0442. The Kier molecular flexibility index (Phi) is 5.03. The lowest BCUT2D eigenvalue weighted by atomic mass is 10.2. The third kappa shape index (κ3) is 3.81. The zero-order valence-corrected chi connectivity index (χ0v) is 14.8. The molecule has 1 saturated heterocycles. The summed E-state index contributed by atoms with van der Waals surface area (Å²) >= 11 is 12.6. The van der Waals surface area contributed by atoms with Crippen molar-refractivity contribution in [2.24, 2.45) is 0 Å². The van der Waals surface area contributed by atoms with E-state index in [0.717, 1.165) is 22.7 Å². The molecule has 1 aliphatic rings. The molecule has 4 nitrogen and oxygen atoms in total. The third-order valence-electron chi connectivity index (χ3n) is 3.49. The molecule has 0 aromatic heterocycles. The summed E-state index contributed by atoms with van der Waals surface area (Å²) in [6, 6.07) is 8.24. The van der Waals surface area contributed by atoms with Crippen molar-refractivity contribution in [2.45, 2.75) is 6.54 Å². The van der Waals surface area contributed by atoms with Crippen molar-refractivity contribution in [1.82, 2.24) is 4.90 Å². The molecule has 1 aliphatic heterocycles. The number of carbonyl (C=O) groups is 2. The number of phenols is 1. The molecule has 1 N–H and O–H groups in total. The summed E-state index contributed by atoms with van der Waals surface area (Å²) < 4.78 is 13.1. The number of carbonyl (C=O) groups excluding carboxylic acids is 2. The van der Waals surface area contributed by atoms with Gasteiger partial charge in [0.1, 0.15) is 11.6 Å². The lowest BCUT2D eigenvalue weighted by molar-refractivity contribution is -0.123. The number of rotatable bonds is 3. The predicted molar refractivity (Wildman–Crippen MR) is 96.0 cm³/mol. The number of phenolic OH excluding ortho intramolecular Hbond substituents is 1. The van der Waals surface area contributed by atoms with Gasteiger partial charge in [-0.3, -0.25) is 14.5 Å². The molecule has 1 heterocycles. The summed E-state index contributed by atoms with van der Waals surface area (Å²) in [6.07, 6.45) is 1.52. The number of amides is 2. The number of hydrogen-bond donors (Lipinski definition) is 1. The highest BCUT2D eigenvalue weighted by Crippen LogP contribution is 2.35. The van der Waals surface area contributed by atoms with Crippen LogP contribution in [0.3, 0.4) is 0 Å². The van der Waals surface area contributed by atoms with Crippen molar-refractivity contribution >= 4 is 52.2 Å². The van der Waals surface area contributed by atoms with Crippen LogP contribution in [0.2, 0.25) is 10.0 Å². The van der Waals surface area contributed by atoms with Gasteiger partial charge in [0, 0.05) is 5.02 Å². The second kappa shape index (κ2) is 7.07. The van der Waals surface area contributed by atoms with Gasteiger partial charge in [-0.25, -0.2) is 4.39 Å². The van der Waals surface area contributed by atoms with Crippen LogP contribution in [0.4, 0.5) is 9.18 Å². The van der Waals surface area contributed by atoms with Crippen molar-refractivity contribution in [2.75, 3.05) is 0 Å². The Morgan fingerprint density at radius 3 is 2.56 bits per heavy atom. The fourth-order valence-electron chi connectivity index (χ4n) is 2.22. The smallest absolute Gasteiger partial charge is 0.293 e. The van der Waals surface area contributed by atoms with Crippen LogP contribution in [0.5, 0.6) is 5.75 Å². The monoisotopic (exact) mass is 397 g/mol. The molecule has 0 saturated carbocycles. The lowest BCUT2D eigenvalue weighted by Crippen LogP contribution is -2.27. The minimum Gasteiger partial charge on any atom is -0.506 e. The van der Waals surface area contributed by atoms with Gasteiger partial charge in [-0.1, -0.05) is 35.3 Å². The van der Waals surface area contributed by atoms with Crippen LogP contribution in [0, 0.1) is 5.82 Å². The first kappa shape index (κ1) is 17.8. The molecule has 3 rings (SSSR count). The van der Waals surface area contributed by atoms with Gasteiger partial charge >= 0.3 is 0 Å². The molecule has 2 aromatic carbocycles. The SMILES string of the molecule is O=C1S/C(=C/c2ccc(O)c(Cl)c2)C(=O)N1Cc1ccc(F)cc1Cl. The van der Waals surface area contributed by atoms with Crippen LogP contribution in [0.25, 0.3) is 6.08 Å². The molecule has 0 radical (unpaired) electrons. The Morgan fingerprint density at radius 2 is 1.88 bits per heavy atom. The van der Waals surface area contributed by atoms with Crippen molar-refractivity contribution in [3.63, 3.8) is 0 Å². The summed E-state index contributed by atoms with van der Waals surface area (Å²) in [4.78, 5) is 25.9. The highest BCUT2D eigenvalue weighted by Gasteiger charge is 2.35. The molecule has 0 spiro atoms. The maximum Gasteiger partial charge on any atom is 0.293 e. The Bertz CT molecular complexity index is 917. The number of nitrogens with zero attached hydrogens (tertiary/aromatic N) is 1. The summed E-state index contributed by atoms with van der Waals surface area (Å²) in [5, 5.41) is 9.27. The van der Waals surface area contributed by atoms with Crippen molar-refractivity contribution in [3.05, 3.63) is 68.3 Å². The molecule has 2 aromatic rings. The second-order valence-electron chi connectivity index (χ2n) is 5.21. The van der Waals surface area contributed by atoms with Crippen LogP contribution in [0.1, 0.15) is 11.1 Å². The van der Waals surface area contributed by atoms with Gasteiger partial charge in [0.2, 0.25) is 0 Å². The van der Waals surface area contributed by atoms with Gasteiger partial charge in [-0.15, -0.1) is 0 Å². The third-order valence-corrected chi connectivity index (χ3v) is 5.05. The van der Waals surface area contributed by atoms with E-state index in [1.807, 2.05) is 0 Å². The number of benzene rings is 2. The maximum absolute atomic E-state index is 13.1. The van der Waals surface area contributed by atoms with E-state index in [4.69, 9.17) is 23.2 Å². The van der Waals surface area contributed by atoms with E-state index in [-0.39, 0.29) is 27.2 Å². The summed E-state index contributed by atoms with van der Waals surface area (Å²) in [5.74, 6) is -1.04. The van der Waals surface area contributed by atoms with E-state index in [2.05, 4.69) is 0 Å². The average Bonchev–Trinajstić information content (AvgIpc) is 2.81. The molecule has 8 heteroatoms. The van der Waals surface area contributed by atoms with Gasteiger partial charge in [0.25, 0.3) is 11.1 Å². The van der Waals surface area contributed by atoms with Crippen LogP contribution in [-0.4, -0.2) is 21.2 Å². The molecule has 0 unspecified atom stereocenters. The van der Waals surface area contributed by atoms with Crippen molar-refractivity contribution in [1.29, 1.82) is 0 Å². The molecule has 1 fully saturated rings. The largest absolute Gasteiger partial charge is 0.506 e. The molecular weight excluding hydrogens is 388 g/mol. The van der Waals surface area contributed by atoms with Crippen LogP contribution >= 0.6 is 35.0 Å². The van der Waals surface area contributed by atoms with E-state index in [0.29, 0.717) is 11.1 Å². The van der Waals surface area contributed by atoms with Crippen molar-refractivity contribution in [3.8, 4) is 5.75 Å². The number of imide groups is 1. The fourth-order valence-corrected chi connectivity index (χ4v) is 3.48. The first-order chi connectivity index (χ1) is 11.8. The molecule has 0 aliphatic carbocycles. The Hall–Kier alpha value is -2.02. The normalized spacial score (nSPS) is 16.1. The van der Waals surface area contributed by atoms with Gasteiger partial charge in [0.05, 0.1) is 16.5 Å². The minimum atomic E-state index is -0.494.